The highest BCUT2D eigenvalue weighted by Crippen LogP contribution is 2.24. The first-order chi connectivity index (χ1) is 7.59. The summed E-state index contributed by atoms with van der Waals surface area (Å²) in [5, 5.41) is 6.05. The molecule has 0 aliphatic rings. The van der Waals surface area contributed by atoms with Crippen LogP contribution in [0.2, 0.25) is 0 Å². The smallest absolute Gasteiger partial charge is 0.171 e. The number of carbonyl (C=O) groups is 1. The van der Waals surface area contributed by atoms with Gasteiger partial charge in [-0.05, 0) is 34.3 Å². The highest BCUT2D eigenvalue weighted by atomic mass is 79.9. The van der Waals surface area contributed by atoms with Crippen LogP contribution >= 0.6 is 27.3 Å². The molecular formula is C11H11BrN2OS. The number of hydrogen-bond donors (Lipinski definition) is 0. The summed E-state index contributed by atoms with van der Waals surface area (Å²) >= 11 is 5.02. The Morgan fingerprint density at radius 3 is 2.88 bits per heavy atom. The third-order valence-electron chi connectivity index (χ3n) is 2.55. The lowest BCUT2D eigenvalue weighted by Gasteiger charge is -1.99. The fourth-order valence-electron chi connectivity index (χ4n) is 1.46. The molecule has 0 unspecified atom stereocenters. The van der Waals surface area contributed by atoms with Gasteiger partial charge in [0.25, 0.3) is 0 Å². The zero-order chi connectivity index (χ0) is 11.7. The van der Waals surface area contributed by atoms with Crippen molar-refractivity contribution in [3.63, 3.8) is 0 Å². The van der Waals surface area contributed by atoms with Crippen molar-refractivity contribution in [1.29, 1.82) is 0 Å². The van der Waals surface area contributed by atoms with Crippen molar-refractivity contribution in [2.24, 2.45) is 7.05 Å². The fourth-order valence-corrected chi connectivity index (χ4v) is 2.96. The van der Waals surface area contributed by atoms with Crippen LogP contribution < -0.4 is 0 Å². The molecule has 2 aromatic rings. The summed E-state index contributed by atoms with van der Waals surface area (Å²) in [7, 11) is 1.84. The predicted molar refractivity (Wildman–Crippen MR) is 68.0 cm³/mol. The van der Waals surface area contributed by atoms with Gasteiger partial charge in [-0.25, -0.2) is 0 Å². The summed E-state index contributed by atoms with van der Waals surface area (Å²) in [4.78, 5) is 13.1. The number of aryl methyl sites for hydroxylation is 1. The van der Waals surface area contributed by atoms with Gasteiger partial charge in [0.05, 0.1) is 11.8 Å². The van der Waals surface area contributed by atoms with E-state index in [4.69, 9.17) is 0 Å². The predicted octanol–water partition coefficient (Wildman–Crippen LogP) is 2.98. The number of ketones is 1. The molecule has 0 amide bonds. The lowest BCUT2D eigenvalue weighted by atomic mass is 10.1. The summed E-state index contributed by atoms with van der Waals surface area (Å²) in [6.07, 6.45) is 2.07. The zero-order valence-electron chi connectivity index (χ0n) is 9.03. The molecule has 3 nitrogen and oxygen atoms in total. The topological polar surface area (TPSA) is 34.9 Å². The van der Waals surface area contributed by atoms with Gasteiger partial charge in [-0.1, -0.05) is 0 Å². The lowest BCUT2D eigenvalue weighted by Crippen LogP contribution is -2.04. The quantitative estimate of drug-likeness (QED) is 0.817. The van der Waals surface area contributed by atoms with Crippen LogP contribution in [0, 0.1) is 6.92 Å². The largest absolute Gasteiger partial charge is 0.294 e. The van der Waals surface area contributed by atoms with Crippen molar-refractivity contribution in [2.45, 2.75) is 13.3 Å². The van der Waals surface area contributed by atoms with E-state index in [2.05, 4.69) is 21.0 Å². The van der Waals surface area contributed by atoms with Crippen LogP contribution in [0.4, 0.5) is 0 Å². The SMILES string of the molecule is Cc1c(C(=O)Cc2sccc2Br)cnn1C. The normalized spacial score (nSPS) is 10.7. The Kier molecular flexibility index (Phi) is 3.25. The number of rotatable bonds is 3. The van der Waals surface area contributed by atoms with Crippen LogP contribution in [0.1, 0.15) is 20.9 Å². The van der Waals surface area contributed by atoms with E-state index in [1.54, 1.807) is 22.2 Å². The molecule has 0 bridgehead atoms. The average Bonchev–Trinajstić information content (AvgIpc) is 2.77. The van der Waals surface area contributed by atoms with E-state index in [-0.39, 0.29) is 5.78 Å². The van der Waals surface area contributed by atoms with Crippen molar-refractivity contribution < 1.29 is 4.79 Å². The van der Waals surface area contributed by atoms with E-state index in [0.29, 0.717) is 12.0 Å². The Morgan fingerprint density at radius 2 is 2.38 bits per heavy atom. The van der Waals surface area contributed by atoms with Gasteiger partial charge >= 0.3 is 0 Å². The van der Waals surface area contributed by atoms with E-state index in [1.807, 2.05) is 25.4 Å². The molecule has 0 aromatic carbocycles. The van der Waals surface area contributed by atoms with E-state index in [9.17, 15) is 4.79 Å². The standard InChI is InChI=1S/C11H11BrN2OS/c1-7-8(6-13-14(7)2)10(15)5-11-9(12)3-4-16-11/h3-4,6H,5H2,1-2H3. The van der Waals surface area contributed by atoms with Crippen LogP contribution in [0.15, 0.2) is 22.1 Å². The van der Waals surface area contributed by atoms with Gasteiger partial charge < -0.3 is 0 Å². The highest BCUT2D eigenvalue weighted by Gasteiger charge is 2.15. The minimum atomic E-state index is 0.119. The van der Waals surface area contributed by atoms with Gasteiger partial charge in [0.2, 0.25) is 0 Å². The molecule has 0 saturated carbocycles. The number of hydrogen-bond acceptors (Lipinski definition) is 3. The Hall–Kier alpha value is -0.940. The highest BCUT2D eigenvalue weighted by molar-refractivity contribution is 9.10. The monoisotopic (exact) mass is 298 g/mol. The molecule has 2 aromatic heterocycles. The molecule has 0 atom stereocenters. The second-order valence-corrected chi connectivity index (χ2v) is 5.41. The minimum absolute atomic E-state index is 0.119. The number of halogens is 1. The maximum absolute atomic E-state index is 12.0. The van der Waals surface area contributed by atoms with Gasteiger partial charge in [-0.3, -0.25) is 9.48 Å². The van der Waals surface area contributed by atoms with Gasteiger partial charge in [0.1, 0.15) is 0 Å². The summed E-state index contributed by atoms with van der Waals surface area (Å²) in [5.41, 5.74) is 1.63. The summed E-state index contributed by atoms with van der Waals surface area (Å²) < 4.78 is 2.73. The minimum Gasteiger partial charge on any atom is -0.294 e. The fraction of sp³-hybridized carbons (Fsp3) is 0.273. The summed E-state index contributed by atoms with van der Waals surface area (Å²) in [6, 6.07) is 1.96. The van der Waals surface area contributed by atoms with Crippen LogP contribution in [-0.2, 0) is 13.5 Å². The Balaban J connectivity index is 2.21. The number of aromatic nitrogens is 2. The van der Waals surface area contributed by atoms with Crippen LogP contribution in [0.25, 0.3) is 0 Å². The van der Waals surface area contributed by atoms with Crippen molar-refractivity contribution in [2.75, 3.05) is 0 Å². The molecule has 2 heterocycles. The molecule has 2 rings (SSSR count). The first kappa shape index (κ1) is 11.5. The molecular weight excluding hydrogens is 288 g/mol. The second-order valence-electron chi connectivity index (χ2n) is 3.56. The molecule has 0 aliphatic heterocycles. The molecule has 16 heavy (non-hydrogen) atoms. The van der Waals surface area contributed by atoms with Gasteiger partial charge in [-0.2, -0.15) is 5.10 Å². The summed E-state index contributed by atoms with van der Waals surface area (Å²) in [5.74, 6) is 0.119. The number of Topliss-reactive ketones (excluding diaryl/α,β-unsaturated/α-hetero) is 1. The number of nitrogens with zero attached hydrogens (tertiary/aromatic N) is 2. The Morgan fingerprint density at radius 1 is 1.62 bits per heavy atom. The summed E-state index contributed by atoms with van der Waals surface area (Å²) in [6.45, 7) is 1.91. The van der Waals surface area contributed by atoms with Crippen LogP contribution in [0.3, 0.4) is 0 Å². The van der Waals surface area contributed by atoms with Crippen molar-refractivity contribution in [1.82, 2.24) is 9.78 Å². The van der Waals surface area contributed by atoms with Gasteiger partial charge in [0, 0.05) is 28.5 Å². The van der Waals surface area contributed by atoms with Crippen LogP contribution in [0.5, 0.6) is 0 Å². The molecule has 84 valence electrons. The van der Waals surface area contributed by atoms with E-state index in [1.165, 1.54) is 0 Å². The van der Waals surface area contributed by atoms with E-state index >= 15 is 0 Å². The van der Waals surface area contributed by atoms with Crippen molar-refractivity contribution >= 4 is 33.0 Å². The molecule has 0 spiro atoms. The molecule has 0 N–H and O–H groups in total. The average molecular weight is 299 g/mol. The Bertz CT molecular complexity index is 530. The third-order valence-corrected chi connectivity index (χ3v) is 4.47. The first-order valence-electron chi connectivity index (χ1n) is 4.83. The van der Waals surface area contributed by atoms with Gasteiger partial charge in [-0.15, -0.1) is 11.3 Å². The van der Waals surface area contributed by atoms with Crippen molar-refractivity contribution in [3.8, 4) is 0 Å². The number of carbonyl (C=O) groups excluding carboxylic acids is 1. The Labute approximate surface area is 106 Å². The molecule has 0 aliphatic carbocycles. The maximum Gasteiger partial charge on any atom is 0.171 e. The molecule has 0 fully saturated rings. The second kappa shape index (κ2) is 4.51. The van der Waals surface area contributed by atoms with Gasteiger partial charge in [0.15, 0.2) is 5.78 Å². The van der Waals surface area contributed by atoms with Crippen molar-refractivity contribution in [3.05, 3.63) is 38.3 Å². The first-order valence-corrected chi connectivity index (χ1v) is 6.50. The van der Waals surface area contributed by atoms with Crippen LogP contribution in [-0.4, -0.2) is 15.6 Å². The zero-order valence-corrected chi connectivity index (χ0v) is 11.4. The molecule has 5 heteroatoms. The number of thiophene rings is 1. The molecule has 0 radical (unpaired) electrons. The molecule has 0 saturated heterocycles. The third kappa shape index (κ3) is 2.10. The van der Waals surface area contributed by atoms with E-state index in [0.717, 1.165) is 15.0 Å². The lowest BCUT2D eigenvalue weighted by molar-refractivity contribution is 0.0993. The maximum atomic E-state index is 12.0. The van der Waals surface area contributed by atoms with E-state index < -0.39 is 0 Å².